The molecule has 1 atom stereocenters. The van der Waals surface area contributed by atoms with Crippen LogP contribution < -0.4 is 21.1 Å². The highest BCUT2D eigenvalue weighted by Crippen LogP contribution is 2.31. The third-order valence-corrected chi connectivity index (χ3v) is 6.15. The van der Waals surface area contributed by atoms with Crippen LogP contribution in [0.1, 0.15) is 28.4 Å². The summed E-state index contributed by atoms with van der Waals surface area (Å²) in [7, 11) is 0. The van der Waals surface area contributed by atoms with Gasteiger partial charge < -0.3 is 26.0 Å². The topological polar surface area (TPSA) is 122 Å². The Bertz CT molecular complexity index is 1370. The molecule has 0 bridgehead atoms. The first-order chi connectivity index (χ1) is 17.6. The fourth-order valence-electron chi connectivity index (χ4n) is 4.18. The monoisotopic (exact) mass is 482 g/mol. The Hall–Kier alpha value is -4.50. The van der Waals surface area contributed by atoms with Gasteiger partial charge in [0, 0.05) is 23.2 Å². The Morgan fingerprint density at radius 2 is 1.75 bits per heavy atom. The van der Waals surface area contributed by atoms with Crippen LogP contribution in [0.4, 0.5) is 16.3 Å². The van der Waals surface area contributed by atoms with Gasteiger partial charge in [-0.3, -0.25) is 4.79 Å². The second-order valence-electron chi connectivity index (χ2n) is 8.59. The van der Waals surface area contributed by atoms with Crippen LogP contribution in [-0.2, 0) is 0 Å². The average molecular weight is 483 g/mol. The number of rotatable bonds is 8. The largest absolute Gasteiger partial charge is 0.410 e. The molecular formula is C27H26N6O3. The lowest BCUT2D eigenvalue weighted by Crippen LogP contribution is -2.41. The van der Waals surface area contributed by atoms with Crippen molar-refractivity contribution in [3.05, 3.63) is 90.3 Å². The maximum atomic E-state index is 12.5. The van der Waals surface area contributed by atoms with Gasteiger partial charge in [-0.25, -0.2) is 14.8 Å². The first-order valence-corrected chi connectivity index (χ1v) is 11.7. The molecule has 1 aliphatic rings. The Morgan fingerprint density at radius 3 is 2.44 bits per heavy atom. The van der Waals surface area contributed by atoms with Gasteiger partial charge in [0.15, 0.2) is 5.75 Å². The van der Waals surface area contributed by atoms with Gasteiger partial charge in [-0.2, -0.15) is 0 Å². The molecule has 1 fully saturated rings. The lowest BCUT2D eigenvalue weighted by molar-refractivity contribution is 0.102. The summed E-state index contributed by atoms with van der Waals surface area (Å²) < 4.78 is 5.12. The van der Waals surface area contributed by atoms with E-state index in [1.165, 1.54) is 12.7 Å². The number of fused-ring (bicyclic) bond motifs is 1. The molecule has 1 aromatic heterocycles. The van der Waals surface area contributed by atoms with Gasteiger partial charge in [0.1, 0.15) is 17.7 Å². The number of carbonyl (C=O) groups excluding carboxylic acids is 2. The molecule has 2 heterocycles. The maximum absolute atomic E-state index is 12.5. The van der Waals surface area contributed by atoms with E-state index in [2.05, 4.69) is 25.5 Å². The van der Waals surface area contributed by atoms with E-state index in [0.717, 1.165) is 36.3 Å². The van der Waals surface area contributed by atoms with Crippen molar-refractivity contribution in [1.82, 2.24) is 14.9 Å². The summed E-state index contributed by atoms with van der Waals surface area (Å²) in [6, 6.07) is 22.1. The summed E-state index contributed by atoms with van der Waals surface area (Å²) in [5.41, 5.74) is 8.08. The molecular weight excluding hydrogens is 456 g/mol. The molecule has 1 aliphatic heterocycles. The SMILES string of the molecule is NC(=O)Oc1cccc2c(N[C@H](CN3CCC3)c3ccc(NC(=O)c4ccccc4)cc3)ncnc12. The lowest BCUT2D eigenvalue weighted by Gasteiger charge is -2.35. The molecule has 1 saturated heterocycles. The molecule has 5 rings (SSSR count). The zero-order valence-electron chi connectivity index (χ0n) is 19.6. The van der Waals surface area contributed by atoms with E-state index in [1.54, 1.807) is 24.3 Å². The van der Waals surface area contributed by atoms with Crippen LogP contribution >= 0.6 is 0 Å². The minimum absolute atomic E-state index is 0.0667. The van der Waals surface area contributed by atoms with Gasteiger partial charge in [-0.1, -0.05) is 36.4 Å². The number of likely N-dealkylation sites (tertiary alicyclic amines) is 1. The van der Waals surface area contributed by atoms with Crippen molar-refractivity contribution in [1.29, 1.82) is 0 Å². The Morgan fingerprint density at radius 1 is 0.972 bits per heavy atom. The molecule has 9 nitrogen and oxygen atoms in total. The molecule has 0 aliphatic carbocycles. The molecule has 0 unspecified atom stereocenters. The standard InChI is InChI=1S/C27H26N6O3/c28-27(35)36-23-9-4-8-21-24(23)29-17-30-25(21)32-22(16-33-14-5-15-33)18-10-12-20(13-11-18)31-26(34)19-6-2-1-3-7-19/h1-4,6-13,17,22H,5,14-16H2,(H2,28,35)(H,31,34)(H,29,30,32)/t22-/m1/s1. The number of carbonyl (C=O) groups is 2. The number of nitrogens with zero attached hydrogens (tertiary/aromatic N) is 3. The number of hydrogen-bond acceptors (Lipinski definition) is 7. The van der Waals surface area contributed by atoms with Crippen LogP contribution in [0.3, 0.4) is 0 Å². The van der Waals surface area contributed by atoms with Crippen LogP contribution in [0.5, 0.6) is 5.75 Å². The maximum Gasteiger partial charge on any atom is 0.410 e. The van der Waals surface area contributed by atoms with E-state index in [4.69, 9.17) is 10.5 Å². The minimum atomic E-state index is -0.897. The zero-order valence-corrected chi connectivity index (χ0v) is 19.6. The number of para-hydroxylation sites is 1. The number of nitrogens with two attached hydrogens (primary N) is 1. The Labute approximate surface area is 208 Å². The number of primary amides is 1. The molecule has 0 radical (unpaired) electrons. The first kappa shape index (κ1) is 23.3. The quantitative estimate of drug-likeness (QED) is 0.344. The van der Waals surface area contributed by atoms with Crippen molar-refractivity contribution in [2.75, 3.05) is 30.3 Å². The van der Waals surface area contributed by atoms with Crippen molar-refractivity contribution >= 4 is 34.4 Å². The number of ether oxygens (including phenoxy) is 1. The summed E-state index contributed by atoms with van der Waals surface area (Å²) in [5, 5.41) is 7.21. The fourth-order valence-corrected chi connectivity index (χ4v) is 4.18. The second kappa shape index (κ2) is 10.4. The van der Waals surface area contributed by atoms with Crippen LogP contribution in [0.15, 0.2) is 79.1 Å². The lowest BCUT2D eigenvalue weighted by atomic mass is 10.0. The van der Waals surface area contributed by atoms with Crippen molar-refractivity contribution in [3.63, 3.8) is 0 Å². The molecule has 0 saturated carbocycles. The van der Waals surface area contributed by atoms with Gasteiger partial charge in [0.05, 0.1) is 6.04 Å². The predicted octanol–water partition coefficient (Wildman–Crippen LogP) is 4.20. The van der Waals surface area contributed by atoms with Gasteiger partial charge in [-0.15, -0.1) is 0 Å². The second-order valence-corrected chi connectivity index (χ2v) is 8.59. The van der Waals surface area contributed by atoms with Gasteiger partial charge in [0.2, 0.25) is 0 Å². The highest BCUT2D eigenvalue weighted by Gasteiger charge is 2.22. The summed E-state index contributed by atoms with van der Waals surface area (Å²) in [6.07, 6.45) is 1.72. The highest BCUT2D eigenvalue weighted by atomic mass is 16.5. The van der Waals surface area contributed by atoms with E-state index in [0.29, 0.717) is 16.9 Å². The van der Waals surface area contributed by atoms with E-state index in [1.807, 2.05) is 48.5 Å². The molecule has 3 aromatic carbocycles. The van der Waals surface area contributed by atoms with E-state index < -0.39 is 6.09 Å². The molecule has 9 heteroatoms. The van der Waals surface area contributed by atoms with E-state index in [-0.39, 0.29) is 17.7 Å². The van der Waals surface area contributed by atoms with Crippen LogP contribution in [0, 0.1) is 0 Å². The number of anilines is 2. The normalized spacial score (nSPS) is 14.0. The molecule has 4 N–H and O–H groups in total. The van der Waals surface area contributed by atoms with E-state index >= 15 is 0 Å². The molecule has 4 aromatic rings. The first-order valence-electron chi connectivity index (χ1n) is 11.7. The van der Waals surface area contributed by atoms with Crippen molar-refractivity contribution in [3.8, 4) is 5.75 Å². The summed E-state index contributed by atoms with van der Waals surface area (Å²) in [4.78, 5) is 34.9. The number of hydrogen-bond donors (Lipinski definition) is 3. The van der Waals surface area contributed by atoms with Gasteiger partial charge >= 0.3 is 6.09 Å². The molecule has 36 heavy (non-hydrogen) atoms. The van der Waals surface area contributed by atoms with E-state index in [9.17, 15) is 9.59 Å². The van der Waals surface area contributed by atoms with Crippen LogP contribution in [0.2, 0.25) is 0 Å². The third kappa shape index (κ3) is 5.26. The van der Waals surface area contributed by atoms with Crippen molar-refractivity contribution in [2.45, 2.75) is 12.5 Å². The number of amides is 2. The third-order valence-electron chi connectivity index (χ3n) is 6.15. The molecule has 182 valence electrons. The number of aromatic nitrogens is 2. The van der Waals surface area contributed by atoms with Crippen LogP contribution in [-0.4, -0.2) is 46.5 Å². The molecule has 2 amide bonds. The summed E-state index contributed by atoms with van der Waals surface area (Å²) >= 11 is 0. The van der Waals surface area contributed by atoms with Crippen LogP contribution in [0.25, 0.3) is 10.9 Å². The number of benzene rings is 3. The van der Waals surface area contributed by atoms with Crippen molar-refractivity contribution < 1.29 is 14.3 Å². The zero-order chi connectivity index (χ0) is 24.9. The minimum Gasteiger partial charge on any atom is -0.408 e. The van der Waals surface area contributed by atoms with Gasteiger partial charge in [0.25, 0.3) is 5.91 Å². The summed E-state index contributed by atoms with van der Waals surface area (Å²) in [5.74, 6) is 0.755. The van der Waals surface area contributed by atoms with Gasteiger partial charge in [-0.05, 0) is 61.5 Å². The Kier molecular flexibility index (Phi) is 6.72. The predicted molar refractivity (Wildman–Crippen MR) is 138 cm³/mol. The highest BCUT2D eigenvalue weighted by molar-refractivity contribution is 6.04. The smallest absolute Gasteiger partial charge is 0.408 e. The average Bonchev–Trinajstić information content (AvgIpc) is 2.86. The molecule has 0 spiro atoms. The Balaban J connectivity index is 1.39. The fraction of sp³-hybridized carbons (Fsp3) is 0.185. The van der Waals surface area contributed by atoms with Crippen molar-refractivity contribution in [2.24, 2.45) is 5.73 Å². The summed E-state index contributed by atoms with van der Waals surface area (Å²) in [6.45, 7) is 2.88. The number of nitrogens with one attached hydrogen (secondary N) is 2.